The summed E-state index contributed by atoms with van der Waals surface area (Å²) in [5.41, 5.74) is 3.05. The van der Waals surface area contributed by atoms with Crippen molar-refractivity contribution < 1.29 is 4.79 Å². The van der Waals surface area contributed by atoms with Gasteiger partial charge in [0.25, 0.3) is 5.91 Å². The van der Waals surface area contributed by atoms with Crippen molar-refractivity contribution in [3.8, 4) is 6.07 Å². The Balaban J connectivity index is 1.85. The van der Waals surface area contributed by atoms with Crippen LogP contribution in [0.5, 0.6) is 0 Å². The lowest BCUT2D eigenvalue weighted by molar-refractivity contribution is -0.127. The Hall–Kier alpha value is -2.28. The number of nitriles is 1. The smallest absolute Gasteiger partial charge is 0.264 e. The van der Waals surface area contributed by atoms with E-state index in [2.05, 4.69) is 6.07 Å². The molecule has 0 spiro atoms. The van der Waals surface area contributed by atoms with Gasteiger partial charge in [0.15, 0.2) is 0 Å². The average Bonchev–Trinajstić information content (AvgIpc) is 2.60. The van der Waals surface area contributed by atoms with Gasteiger partial charge in [0, 0.05) is 23.1 Å². The van der Waals surface area contributed by atoms with Gasteiger partial charge in [-0.1, -0.05) is 53.5 Å². The molecule has 0 radical (unpaired) electrons. The molecule has 5 heteroatoms. The van der Waals surface area contributed by atoms with Crippen LogP contribution < -0.4 is 0 Å². The van der Waals surface area contributed by atoms with Gasteiger partial charge >= 0.3 is 0 Å². The second-order valence-electron chi connectivity index (χ2n) is 5.58. The molecule has 3 nitrogen and oxygen atoms in total. The fourth-order valence-corrected chi connectivity index (χ4v) is 3.22. The van der Waals surface area contributed by atoms with E-state index in [1.165, 1.54) is 11.6 Å². The molecule has 1 aliphatic heterocycles. The quantitative estimate of drug-likeness (QED) is 0.587. The SMILES string of the molecule is N#C/C(=C\c1ccc(Cl)cc1Cl)C(=O)N1CCc2ccccc2C1. The summed E-state index contributed by atoms with van der Waals surface area (Å²) in [5.74, 6) is -0.280. The molecule has 0 atom stereocenters. The van der Waals surface area contributed by atoms with Gasteiger partial charge in [0.05, 0.1) is 0 Å². The second kappa shape index (κ2) is 7.09. The van der Waals surface area contributed by atoms with Crippen LogP contribution in [-0.2, 0) is 17.8 Å². The van der Waals surface area contributed by atoms with Crippen LogP contribution in [-0.4, -0.2) is 17.4 Å². The van der Waals surface area contributed by atoms with Crippen molar-refractivity contribution in [3.05, 3.63) is 74.8 Å². The summed E-state index contributed by atoms with van der Waals surface area (Å²) < 4.78 is 0. The van der Waals surface area contributed by atoms with Crippen LogP contribution >= 0.6 is 23.2 Å². The molecule has 0 aromatic heterocycles. The largest absolute Gasteiger partial charge is 0.333 e. The van der Waals surface area contributed by atoms with Crippen molar-refractivity contribution in [2.24, 2.45) is 0 Å². The Morgan fingerprint density at radius 2 is 1.92 bits per heavy atom. The minimum Gasteiger partial charge on any atom is -0.333 e. The molecule has 2 aromatic carbocycles. The lowest BCUT2D eigenvalue weighted by atomic mass is 9.99. The Morgan fingerprint density at radius 3 is 2.62 bits per heavy atom. The number of nitrogens with zero attached hydrogens (tertiary/aromatic N) is 2. The highest BCUT2D eigenvalue weighted by molar-refractivity contribution is 6.35. The highest BCUT2D eigenvalue weighted by Gasteiger charge is 2.23. The van der Waals surface area contributed by atoms with Crippen molar-refractivity contribution >= 4 is 35.2 Å². The molecule has 120 valence electrons. The lowest BCUT2D eigenvalue weighted by Crippen LogP contribution is -2.36. The first kappa shape index (κ1) is 16.6. The van der Waals surface area contributed by atoms with Crippen molar-refractivity contribution in [2.45, 2.75) is 13.0 Å². The van der Waals surface area contributed by atoms with Gasteiger partial charge in [0.1, 0.15) is 11.6 Å². The number of fused-ring (bicyclic) bond motifs is 1. The third kappa shape index (κ3) is 3.46. The predicted molar refractivity (Wildman–Crippen MR) is 95.6 cm³/mol. The number of rotatable bonds is 2. The van der Waals surface area contributed by atoms with Crippen LogP contribution in [0.1, 0.15) is 16.7 Å². The first-order valence-electron chi connectivity index (χ1n) is 7.51. The van der Waals surface area contributed by atoms with Crippen LogP contribution in [0.25, 0.3) is 6.08 Å². The van der Waals surface area contributed by atoms with Crippen LogP contribution in [0.2, 0.25) is 10.0 Å². The highest BCUT2D eigenvalue weighted by atomic mass is 35.5. The topological polar surface area (TPSA) is 44.1 Å². The number of amides is 1. The molecule has 0 N–H and O–H groups in total. The van der Waals surface area contributed by atoms with Crippen LogP contribution in [0.15, 0.2) is 48.0 Å². The molecule has 0 saturated carbocycles. The predicted octanol–water partition coefficient (Wildman–Crippen LogP) is 4.49. The molecule has 24 heavy (non-hydrogen) atoms. The van der Waals surface area contributed by atoms with E-state index in [0.29, 0.717) is 28.7 Å². The Labute approximate surface area is 150 Å². The van der Waals surface area contributed by atoms with E-state index in [1.54, 1.807) is 23.1 Å². The number of carbonyl (C=O) groups is 1. The van der Waals surface area contributed by atoms with E-state index in [0.717, 1.165) is 12.0 Å². The maximum absolute atomic E-state index is 12.7. The molecule has 0 saturated heterocycles. The summed E-state index contributed by atoms with van der Waals surface area (Å²) in [6.07, 6.45) is 2.31. The lowest BCUT2D eigenvalue weighted by Gasteiger charge is -2.28. The third-order valence-corrected chi connectivity index (χ3v) is 4.59. The molecule has 2 aromatic rings. The van der Waals surface area contributed by atoms with E-state index in [9.17, 15) is 10.1 Å². The van der Waals surface area contributed by atoms with Gasteiger partial charge < -0.3 is 4.90 Å². The number of benzene rings is 2. The zero-order valence-electron chi connectivity index (χ0n) is 12.8. The van der Waals surface area contributed by atoms with E-state index >= 15 is 0 Å². The monoisotopic (exact) mass is 356 g/mol. The molecular weight excluding hydrogens is 343 g/mol. The number of carbonyl (C=O) groups excluding carboxylic acids is 1. The molecule has 1 heterocycles. The fourth-order valence-electron chi connectivity index (χ4n) is 2.76. The zero-order valence-corrected chi connectivity index (χ0v) is 14.3. The molecule has 3 rings (SSSR count). The van der Waals surface area contributed by atoms with E-state index in [-0.39, 0.29) is 11.5 Å². The number of hydrogen-bond acceptors (Lipinski definition) is 2. The molecule has 0 fully saturated rings. The average molecular weight is 357 g/mol. The van der Waals surface area contributed by atoms with Crippen LogP contribution in [0.4, 0.5) is 0 Å². The van der Waals surface area contributed by atoms with Gasteiger partial charge in [-0.15, -0.1) is 0 Å². The van der Waals surface area contributed by atoms with Crippen LogP contribution in [0.3, 0.4) is 0 Å². The molecular formula is C19H14Cl2N2O. The summed E-state index contributed by atoms with van der Waals surface area (Å²) in [7, 11) is 0. The standard InChI is InChI=1S/C19H14Cl2N2O/c20-17-6-5-14(18(21)10-17)9-16(11-22)19(24)23-8-7-13-3-1-2-4-15(13)12-23/h1-6,9-10H,7-8,12H2/b16-9+. The minimum absolute atomic E-state index is 0.0682. The Bertz CT molecular complexity index is 868. The van der Waals surface area contributed by atoms with E-state index in [4.69, 9.17) is 23.2 Å². The maximum Gasteiger partial charge on any atom is 0.264 e. The third-order valence-electron chi connectivity index (χ3n) is 4.03. The van der Waals surface area contributed by atoms with Gasteiger partial charge in [-0.2, -0.15) is 5.26 Å². The minimum atomic E-state index is -0.280. The normalized spacial score (nSPS) is 14.0. The fraction of sp³-hybridized carbons (Fsp3) is 0.158. The summed E-state index contributed by atoms with van der Waals surface area (Å²) in [6, 6.07) is 15.0. The van der Waals surface area contributed by atoms with Crippen molar-refractivity contribution in [3.63, 3.8) is 0 Å². The van der Waals surface area contributed by atoms with E-state index < -0.39 is 0 Å². The molecule has 0 unspecified atom stereocenters. The summed E-state index contributed by atoms with van der Waals surface area (Å²) >= 11 is 12.0. The molecule has 1 aliphatic rings. The summed E-state index contributed by atoms with van der Waals surface area (Å²) in [4.78, 5) is 14.4. The van der Waals surface area contributed by atoms with E-state index in [1.807, 2.05) is 24.3 Å². The first-order chi connectivity index (χ1) is 11.6. The van der Waals surface area contributed by atoms with Gasteiger partial charge in [0.2, 0.25) is 0 Å². The Kier molecular flexibility index (Phi) is 4.89. The van der Waals surface area contributed by atoms with Gasteiger partial charge in [-0.05, 0) is 41.3 Å². The molecule has 1 amide bonds. The van der Waals surface area contributed by atoms with Crippen molar-refractivity contribution in [2.75, 3.05) is 6.54 Å². The summed E-state index contributed by atoms with van der Waals surface area (Å²) in [6.45, 7) is 1.12. The van der Waals surface area contributed by atoms with Crippen molar-refractivity contribution in [1.29, 1.82) is 5.26 Å². The van der Waals surface area contributed by atoms with Crippen molar-refractivity contribution in [1.82, 2.24) is 4.90 Å². The summed E-state index contributed by atoms with van der Waals surface area (Å²) in [5, 5.41) is 10.3. The van der Waals surface area contributed by atoms with Gasteiger partial charge in [-0.25, -0.2) is 0 Å². The Morgan fingerprint density at radius 1 is 1.17 bits per heavy atom. The molecule has 0 aliphatic carbocycles. The highest BCUT2D eigenvalue weighted by Crippen LogP contribution is 2.25. The number of hydrogen-bond donors (Lipinski definition) is 0. The number of halogens is 2. The zero-order chi connectivity index (χ0) is 17.1. The maximum atomic E-state index is 12.7. The second-order valence-corrected chi connectivity index (χ2v) is 6.42. The van der Waals surface area contributed by atoms with Gasteiger partial charge in [-0.3, -0.25) is 4.79 Å². The van der Waals surface area contributed by atoms with Crippen LogP contribution in [0, 0.1) is 11.3 Å². The first-order valence-corrected chi connectivity index (χ1v) is 8.27. The molecule has 0 bridgehead atoms.